The normalized spacial score (nSPS) is 13.4. The van der Waals surface area contributed by atoms with E-state index in [4.69, 9.17) is 5.73 Å². The molecular formula is C20H19N3O2. The average Bonchev–Trinajstić information content (AvgIpc) is 3.00. The zero-order valence-electron chi connectivity index (χ0n) is 13.8. The van der Waals surface area contributed by atoms with E-state index in [-0.39, 0.29) is 5.91 Å². The molecule has 0 aliphatic heterocycles. The van der Waals surface area contributed by atoms with Crippen molar-refractivity contribution in [3.05, 3.63) is 64.8 Å². The van der Waals surface area contributed by atoms with Crippen LogP contribution < -0.4 is 11.1 Å². The Hall–Kier alpha value is -3.08. The molecule has 0 radical (unpaired) electrons. The number of carbonyl (C=O) groups excluding carboxylic acids is 2. The molecule has 0 atom stereocenters. The van der Waals surface area contributed by atoms with Crippen LogP contribution in [-0.2, 0) is 12.8 Å². The number of aryl methyl sites for hydroxylation is 2. The quantitative estimate of drug-likeness (QED) is 0.686. The summed E-state index contributed by atoms with van der Waals surface area (Å²) < 4.78 is 0. The van der Waals surface area contributed by atoms with Crippen molar-refractivity contribution in [2.45, 2.75) is 25.7 Å². The van der Waals surface area contributed by atoms with Crippen LogP contribution in [0.1, 0.15) is 44.8 Å². The highest BCUT2D eigenvalue weighted by atomic mass is 16.2. The van der Waals surface area contributed by atoms with E-state index in [2.05, 4.69) is 10.3 Å². The van der Waals surface area contributed by atoms with Gasteiger partial charge in [-0.05, 0) is 73.7 Å². The van der Waals surface area contributed by atoms with E-state index in [1.54, 1.807) is 24.3 Å². The molecule has 126 valence electrons. The second kappa shape index (κ2) is 6.09. The first-order valence-electron chi connectivity index (χ1n) is 8.46. The Morgan fingerprint density at radius 3 is 2.44 bits per heavy atom. The fourth-order valence-electron chi connectivity index (χ4n) is 3.47. The number of nitrogens with two attached hydrogens (primary N) is 1. The maximum absolute atomic E-state index is 12.6. The number of fused-ring (bicyclic) bond motifs is 3. The lowest BCUT2D eigenvalue weighted by Crippen LogP contribution is -2.13. The first kappa shape index (κ1) is 15.4. The number of rotatable bonds is 3. The minimum Gasteiger partial charge on any atom is -0.366 e. The van der Waals surface area contributed by atoms with E-state index in [0.717, 1.165) is 23.7 Å². The van der Waals surface area contributed by atoms with Crippen molar-refractivity contribution in [1.29, 1.82) is 0 Å². The van der Waals surface area contributed by atoms with Crippen molar-refractivity contribution in [2.75, 3.05) is 5.32 Å². The van der Waals surface area contributed by atoms with Gasteiger partial charge in [-0.15, -0.1) is 0 Å². The highest BCUT2D eigenvalue weighted by Crippen LogP contribution is 2.29. The third-order valence-electron chi connectivity index (χ3n) is 4.79. The van der Waals surface area contributed by atoms with E-state index < -0.39 is 5.91 Å². The van der Waals surface area contributed by atoms with Crippen molar-refractivity contribution < 1.29 is 9.59 Å². The van der Waals surface area contributed by atoms with Crippen LogP contribution in [0.5, 0.6) is 0 Å². The summed E-state index contributed by atoms with van der Waals surface area (Å²) in [7, 11) is 0. The van der Waals surface area contributed by atoms with Crippen LogP contribution in [0.25, 0.3) is 10.9 Å². The van der Waals surface area contributed by atoms with Crippen LogP contribution in [0, 0.1) is 0 Å². The predicted molar refractivity (Wildman–Crippen MR) is 97.9 cm³/mol. The lowest BCUT2D eigenvalue weighted by atomic mass is 9.95. The molecular weight excluding hydrogens is 314 g/mol. The number of anilines is 1. The Morgan fingerprint density at radius 2 is 1.68 bits per heavy atom. The Kier molecular flexibility index (Phi) is 3.76. The molecule has 1 heterocycles. The van der Waals surface area contributed by atoms with Crippen LogP contribution in [0.4, 0.5) is 5.69 Å². The first-order valence-corrected chi connectivity index (χ1v) is 8.46. The van der Waals surface area contributed by atoms with Crippen molar-refractivity contribution in [2.24, 2.45) is 5.73 Å². The molecule has 2 amide bonds. The second-order valence-corrected chi connectivity index (χ2v) is 6.45. The maximum atomic E-state index is 12.6. The Labute approximate surface area is 145 Å². The van der Waals surface area contributed by atoms with E-state index in [1.807, 2.05) is 18.2 Å². The topological polar surface area (TPSA) is 88.0 Å². The van der Waals surface area contributed by atoms with Crippen molar-refractivity contribution in [3.63, 3.8) is 0 Å². The molecule has 1 aromatic heterocycles. The summed E-state index contributed by atoms with van der Waals surface area (Å²) in [5.74, 6) is -0.653. The molecule has 5 nitrogen and oxygen atoms in total. The molecule has 2 aromatic carbocycles. The summed E-state index contributed by atoms with van der Waals surface area (Å²) in [5, 5.41) is 4.00. The molecule has 0 fully saturated rings. The molecule has 1 aliphatic rings. The number of aromatic amines is 1. The smallest absolute Gasteiger partial charge is 0.255 e. The summed E-state index contributed by atoms with van der Waals surface area (Å²) in [6, 6.07) is 12.3. The van der Waals surface area contributed by atoms with Crippen LogP contribution in [-0.4, -0.2) is 16.8 Å². The molecule has 1 aliphatic carbocycles. The molecule has 0 spiro atoms. The fourth-order valence-corrected chi connectivity index (χ4v) is 3.47. The summed E-state index contributed by atoms with van der Waals surface area (Å²) in [6.07, 6.45) is 4.56. The number of primary amides is 1. The summed E-state index contributed by atoms with van der Waals surface area (Å²) in [5.41, 5.74) is 10.6. The van der Waals surface area contributed by atoms with Crippen molar-refractivity contribution in [1.82, 2.24) is 4.98 Å². The lowest BCUT2D eigenvalue weighted by Gasteiger charge is -2.10. The first-order chi connectivity index (χ1) is 12.1. The van der Waals surface area contributed by atoms with Gasteiger partial charge in [-0.1, -0.05) is 0 Å². The van der Waals surface area contributed by atoms with Gasteiger partial charge in [0.15, 0.2) is 0 Å². The highest BCUT2D eigenvalue weighted by molar-refractivity contribution is 6.07. The molecule has 5 heteroatoms. The molecule has 3 aromatic rings. The van der Waals surface area contributed by atoms with Crippen LogP contribution in [0.2, 0.25) is 0 Å². The Balaban J connectivity index is 1.60. The molecule has 4 rings (SSSR count). The van der Waals surface area contributed by atoms with E-state index >= 15 is 0 Å². The average molecular weight is 333 g/mol. The monoisotopic (exact) mass is 333 g/mol. The maximum Gasteiger partial charge on any atom is 0.255 e. The highest BCUT2D eigenvalue weighted by Gasteiger charge is 2.17. The minimum absolute atomic E-state index is 0.167. The second-order valence-electron chi connectivity index (χ2n) is 6.45. The van der Waals surface area contributed by atoms with Crippen molar-refractivity contribution >= 4 is 28.4 Å². The zero-order valence-corrected chi connectivity index (χ0v) is 13.8. The summed E-state index contributed by atoms with van der Waals surface area (Å²) in [4.78, 5) is 27.1. The fraction of sp³-hybridized carbons (Fsp3) is 0.200. The third kappa shape index (κ3) is 2.89. The van der Waals surface area contributed by atoms with Crippen LogP contribution in [0.15, 0.2) is 42.5 Å². The number of nitrogens with one attached hydrogen (secondary N) is 2. The standard InChI is InChI=1S/C20H19N3O2/c21-19(24)12-5-8-14(9-6-12)22-20(25)13-7-10-18-16(11-13)15-3-1-2-4-17(15)23-18/h5-11,23H,1-4H2,(H2,21,24)(H,22,25). The van der Waals surface area contributed by atoms with Gasteiger partial charge in [0, 0.05) is 33.4 Å². The summed E-state index contributed by atoms with van der Waals surface area (Å²) >= 11 is 0. The SMILES string of the molecule is NC(=O)c1ccc(NC(=O)c2ccc3[nH]c4c(c3c2)CCCC4)cc1. The number of H-pyrrole nitrogens is 1. The van der Waals surface area contributed by atoms with E-state index in [9.17, 15) is 9.59 Å². The molecule has 0 bridgehead atoms. The number of hydrogen-bond acceptors (Lipinski definition) is 2. The van der Waals surface area contributed by atoms with Gasteiger partial charge < -0.3 is 16.0 Å². The predicted octanol–water partition coefficient (Wildman–Crippen LogP) is 3.40. The largest absolute Gasteiger partial charge is 0.366 e. The number of carbonyl (C=O) groups is 2. The number of aromatic nitrogens is 1. The summed E-state index contributed by atoms with van der Waals surface area (Å²) in [6.45, 7) is 0. The molecule has 0 unspecified atom stereocenters. The van der Waals surface area contributed by atoms with Gasteiger partial charge in [-0.2, -0.15) is 0 Å². The van der Waals surface area contributed by atoms with Crippen LogP contribution >= 0.6 is 0 Å². The van der Waals surface area contributed by atoms with Gasteiger partial charge in [-0.3, -0.25) is 9.59 Å². The lowest BCUT2D eigenvalue weighted by molar-refractivity contribution is 0.0998. The van der Waals surface area contributed by atoms with Gasteiger partial charge in [-0.25, -0.2) is 0 Å². The van der Waals surface area contributed by atoms with E-state index in [0.29, 0.717) is 16.8 Å². The Bertz CT molecular complexity index is 971. The molecule has 0 saturated heterocycles. The molecule has 25 heavy (non-hydrogen) atoms. The van der Waals surface area contributed by atoms with E-state index in [1.165, 1.54) is 24.1 Å². The van der Waals surface area contributed by atoms with Crippen molar-refractivity contribution in [3.8, 4) is 0 Å². The number of amides is 2. The van der Waals surface area contributed by atoms with Crippen LogP contribution in [0.3, 0.4) is 0 Å². The van der Waals surface area contributed by atoms with Gasteiger partial charge in [0.1, 0.15) is 0 Å². The third-order valence-corrected chi connectivity index (χ3v) is 4.79. The Morgan fingerprint density at radius 1 is 0.960 bits per heavy atom. The zero-order chi connectivity index (χ0) is 17.4. The van der Waals surface area contributed by atoms with Gasteiger partial charge in [0.25, 0.3) is 5.91 Å². The number of benzene rings is 2. The molecule has 0 saturated carbocycles. The number of hydrogen-bond donors (Lipinski definition) is 3. The van der Waals surface area contributed by atoms with Gasteiger partial charge >= 0.3 is 0 Å². The minimum atomic E-state index is -0.486. The van der Waals surface area contributed by atoms with Gasteiger partial charge in [0.05, 0.1) is 0 Å². The van der Waals surface area contributed by atoms with Gasteiger partial charge in [0.2, 0.25) is 5.91 Å². The molecule has 4 N–H and O–H groups in total.